The molecule has 5 heteroatoms. The summed E-state index contributed by atoms with van der Waals surface area (Å²) in [5.74, 6) is 1.35. The van der Waals surface area contributed by atoms with E-state index in [0.717, 1.165) is 57.0 Å². The highest BCUT2D eigenvalue weighted by atomic mass is 32.1. The first-order valence-electron chi connectivity index (χ1n) is 10.6. The van der Waals surface area contributed by atoms with Crippen molar-refractivity contribution in [3.05, 3.63) is 52.0 Å². The molecule has 2 aromatic rings. The second-order valence-corrected chi connectivity index (χ2v) is 10.1. The molecule has 0 unspecified atom stereocenters. The number of benzene rings is 1. The van der Waals surface area contributed by atoms with E-state index in [1.807, 2.05) is 0 Å². The second-order valence-electron chi connectivity index (χ2n) is 9.07. The third-order valence-corrected chi connectivity index (χ3v) is 7.70. The molecule has 0 N–H and O–H groups in total. The van der Waals surface area contributed by atoms with Crippen LogP contribution in [0.4, 0.5) is 0 Å². The molecule has 1 saturated carbocycles. The van der Waals surface area contributed by atoms with Gasteiger partial charge in [-0.3, -0.25) is 9.69 Å². The predicted molar refractivity (Wildman–Crippen MR) is 112 cm³/mol. The summed E-state index contributed by atoms with van der Waals surface area (Å²) in [5.41, 5.74) is 2.86. The molecule has 2 atom stereocenters. The Balaban J connectivity index is 1.31. The summed E-state index contributed by atoms with van der Waals surface area (Å²) in [6, 6.07) is 10.8. The first kappa shape index (κ1) is 18.3. The smallest absolute Gasteiger partial charge is 0.225 e. The van der Waals surface area contributed by atoms with E-state index >= 15 is 0 Å². The van der Waals surface area contributed by atoms with Crippen LogP contribution < -0.4 is 0 Å². The van der Waals surface area contributed by atoms with E-state index in [-0.39, 0.29) is 5.41 Å². The Labute approximate surface area is 171 Å². The Kier molecular flexibility index (Phi) is 4.76. The van der Waals surface area contributed by atoms with E-state index in [9.17, 15) is 4.79 Å². The van der Waals surface area contributed by atoms with E-state index in [2.05, 4.69) is 57.4 Å². The molecule has 1 amide bonds. The molecule has 4 nitrogen and oxygen atoms in total. The third kappa shape index (κ3) is 3.62. The molecular weight excluding hydrogens is 366 g/mol. The summed E-state index contributed by atoms with van der Waals surface area (Å²) < 4.78 is 0. The largest absolute Gasteiger partial charge is 0.341 e. The van der Waals surface area contributed by atoms with Crippen LogP contribution in [-0.4, -0.2) is 46.9 Å². The molecule has 0 bridgehead atoms. The fraction of sp³-hybridized carbons (Fsp3) is 0.565. The fourth-order valence-electron chi connectivity index (χ4n) is 5.27. The van der Waals surface area contributed by atoms with Crippen molar-refractivity contribution in [2.75, 3.05) is 26.2 Å². The van der Waals surface area contributed by atoms with Gasteiger partial charge in [-0.1, -0.05) is 30.3 Å². The molecule has 2 saturated heterocycles. The highest BCUT2D eigenvalue weighted by molar-refractivity contribution is 7.09. The van der Waals surface area contributed by atoms with Crippen molar-refractivity contribution in [1.29, 1.82) is 0 Å². The van der Waals surface area contributed by atoms with Gasteiger partial charge in [-0.15, -0.1) is 11.3 Å². The van der Waals surface area contributed by atoms with Crippen molar-refractivity contribution in [2.24, 2.45) is 17.3 Å². The number of rotatable bonds is 6. The SMILES string of the molecule is Cc1nc(CN2C[C@H]3CN(C(=O)C4CC4)C[C@@]3(CCc3ccccc3)C2)cs1. The van der Waals surface area contributed by atoms with Gasteiger partial charge in [-0.05, 0) is 44.1 Å². The molecule has 28 heavy (non-hydrogen) atoms. The van der Waals surface area contributed by atoms with Gasteiger partial charge in [0.05, 0.1) is 10.7 Å². The average molecular weight is 396 g/mol. The van der Waals surface area contributed by atoms with Gasteiger partial charge >= 0.3 is 0 Å². The molecule has 2 aliphatic heterocycles. The molecule has 1 aromatic carbocycles. The number of aryl methyl sites for hydroxylation is 2. The predicted octanol–water partition coefficient (Wildman–Crippen LogP) is 3.75. The molecule has 148 valence electrons. The number of thiazole rings is 1. The molecule has 3 fully saturated rings. The first-order chi connectivity index (χ1) is 13.6. The van der Waals surface area contributed by atoms with Crippen molar-refractivity contribution in [3.8, 4) is 0 Å². The third-order valence-electron chi connectivity index (χ3n) is 6.87. The van der Waals surface area contributed by atoms with Crippen LogP contribution in [0.2, 0.25) is 0 Å². The van der Waals surface area contributed by atoms with Crippen molar-refractivity contribution in [2.45, 2.75) is 39.2 Å². The Morgan fingerprint density at radius 2 is 2.04 bits per heavy atom. The zero-order valence-electron chi connectivity index (χ0n) is 16.6. The van der Waals surface area contributed by atoms with Crippen LogP contribution in [-0.2, 0) is 17.8 Å². The quantitative estimate of drug-likeness (QED) is 0.747. The summed E-state index contributed by atoms with van der Waals surface area (Å²) in [6.07, 6.45) is 4.48. The first-order valence-corrected chi connectivity index (χ1v) is 11.5. The summed E-state index contributed by atoms with van der Waals surface area (Å²) in [4.78, 5) is 22.2. The minimum absolute atomic E-state index is 0.242. The monoisotopic (exact) mass is 395 g/mol. The van der Waals surface area contributed by atoms with Crippen LogP contribution in [0.5, 0.6) is 0 Å². The van der Waals surface area contributed by atoms with Crippen LogP contribution in [0.15, 0.2) is 35.7 Å². The van der Waals surface area contributed by atoms with Gasteiger partial charge in [0.2, 0.25) is 5.91 Å². The molecule has 0 spiro atoms. The molecule has 1 aliphatic carbocycles. The number of carbonyl (C=O) groups excluding carboxylic acids is 1. The van der Waals surface area contributed by atoms with Gasteiger partial charge in [0.1, 0.15) is 0 Å². The van der Waals surface area contributed by atoms with Crippen LogP contribution in [0.1, 0.15) is 35.5 Å². The lowest BCUT2D eigenvalue weighted by atomic mass is 9.76. The van der Waals surface area contributed by atoms with Gasteiger partial charge < -0.3 is 4.90 Å². The van der Waals surface area contributed by atoms with Crippen molar-refractivity contribution in [1.82, 2.24) is 14.8 Å². The number of fused-ring (bicyclic) bond motifs is 1. The summed E-state index contributed by atoms with van der Waals surface area (Å²) in [7, 11) is 0. The maximum Gasteiger partial charge on any atom is 0.225 e. The molecule has 3 heterocycles. The molecule has 1 aromatic heterocycles. The minimum Gasteiger partial charge on any atom is -0.341 e. The summed E-state index contributed by atoms with van der Waals surface area (Å²) >= 11 is 1.74. The Hall–Kier alpha value is -1.72. The number of nitrogens with zero attached hydrogens (tertiary/aromatic N) is 3. The van der Waals surface area contributed by atoms with Crippen molar-refractivity contribution < 1.29 is 4.79 Å². The highest BCUT2D eigenvalue weighted by Crippen LogP contribution is 2.47. The van der Waals surface area contributed by atoms with Crippen LogP contribution in [0.25, 0.3) is 0 Å². The maximum atomic E-state index is 12.7. The number of aromatic nitrogens is 1. The Morgan fingerprint density at radius 1 is 1.21 bits per heavy atom. The number of hydrogen-bond donors (Lipinski definition) is 0. The van der Waals surface area contributed by atoms with E-state index < -0.39 is 0 Å². The van der Waals surface area contributed by atoms with Gasteiger partial charge in [0.25, 0.3) is 0 Å². The summed E-state index contributed by atoms with van der Waals surface area (Å²) in [5, 5.41) is 3.35. The molecule has 3 aliphatic rings. The van der Waals surface area contributed by atoms with Crippen LogP contribution >= 0.6 is 11.3 Å². The lowest BCUT2D eigenvalue weighted by molar-refractivity contribution is -0.132. The van der Waals surface area contributed by atoms with Gasteiger partial charge in [0, 0.05) is 49.4 Å². The zero-order chi connectivity index (χ0) is 19.1. The van der Waals surface area contributed by atoms with Crippen molar-refractivity contribution in [3.63, 3.8) is 0 Å². The normalized spacial score (nSPS) is 27.3. The molecular formula is C23H29N3OS. The number of amides is 1. The average Bonchev–Trinajstić information content (AvgIpc) is 3.26. The minimum atomic E-state index is 0.242. The number of carbonyl (C=O) groups is 1. The Bertz CT molecular complexity index is 847. The standard InChI is InChI=1S/C23H29N3OS/c1-17-24-21(14-28-17)13-25-11-20-12-26(22(27)19-7-8-19)16-23(20,15-25)10-9-18-5-3-2-4-6-18/h2-6,14,19-20H,7-13,15-16H2,1H3/t20-,23+/m0/s1. The van der Waals surface area contributed by atoms with Gasteiger partial charge in [-0.25, -0.2) is 4.98 Å². The topological polar surface area (TPSA) is 36.4 Å². The lowest BCUT2D eigenvalue weighted by Gasteiger charge is -2.29. The van der Waals surface area contributed by atoms with Crippen LogP contribution in [0, 0.1) is 24.2 Å². The zero-order valence-corrected chi connectivity index (χ0v) is 17.5. The molecule has 5 rings (SSSR count). The second kappa shape index (κ2) is 7.27. The highest BCUT2D eigenvalue weighted by Gasteiger charge is 2.53. The fourth-order valence-corrected chi connectivity index (χ4v) is 5.88. The number of hydrogen-bond acceptors (Lipinski definition) is 4. The lowest BCUT2D eigenvalue weighted by Crippen LogP contribution is -2.37. The maximum absolute atomic E-state index is 12.7. The Morgan fingerprint density at radius 3 is 2.75 bits per heavy atom. The van der Waals surface area contributed by atoms with E-state index in [0.29, 0.717) is 17.7 Å². The molecule has 0 radical (unpaired) electrons. The van der Waals surface area contributed by atoms with E-state index in [4.69, 9.17) is 0 Å². The van der Waals surface area contributed by atoms with Gasteiger partial charge in [-0.2, -0.15) is 0 Å². The van der Waals surface area contributed by atoms with Crippen LogP contribution in [0.3, 0.4) is 0 Å². The van der Waals surface area contributed by atoms with E-state index in [1.54, 1.807) is 11.3 Å². The van der Waals surface area contributed by atoms with E-state index in [1.165, 1.54) is 17.7 Å². The number of likely N-dealkylation sites (tertiary alicyclic amines) is 2. The summed E-state index contributed by atoms with van der Waals surface area (Å²) in [6.45, 7) is 7.12. The van der Waals surface area contributed by atoms with Gasteiger partial charge in [0.15, 0.2) is 0 Å². The van der Waals surface area contributed by atoms with Crippen molar-refractivity contribution >= 4 is 17.2 Å².